The normalized spacial score (nSPS) is 14.6. The van der Waals surface area contributed by atoms with Gasteiger partial charge in [-0.1, -0.05) is 0 Å². The van der Waals surface area contributed by atoms with Crippen LogP contribution in [0.3, 0.4) is 0 Å². The van der Waals surface area contributed by atoms with Crippen LogP contribution in [0.5, 0.6) is 0 Å². The van der Waals surface area contributed by atoms with E-state index >= 15 is 0 Å². The Bertz CT molecular complexity index is 346. The molecular formula is C23H51IOSiSn. The van der Waals surface area contributed by atoms with Crippen LogP contribution >= 0.6 is 22.6 Å². The van der Waals surface area contributed by atoms with Crippen molar-refractivity contribution < 1.29 is 4.43 Å². The van der Waals surface area contributed by atoms with Crippen LogP contribution in [-0.4, -0.2) is 35.2 Å². The third kappa shape index (κ3) is 11.0. The molecule has 0 fully saturated rings. The molecule has 0 rings (SSSR count). The van der Waals surface area contributed by atoms with Crippen molar-refractivity contribution in [2.45, 2.75) is 133 Å². The number of rotatable bonds is 16. The summed E-state index contributed by atoms with van der Waals surface area (Å²) in [5.41, 5.74) is 0. The Balaban J connectivity index is 4.66. The second-order valence-corrected chi connectivity index (χ2v) is 34.0. The fourth-order valence-electron chi connectivity index (χ4n) is 3.71. The molecule has 0 aliphatic heterocycles. The van der Waals surface area contributed by atoms with Gasteiger partial charge in [-0.25, -0.2) is 0 Å². The van der Waals surface area contributed by atoms with Gasteiger partial charge in [0.1, 0.15) is 0 Å². The monoisotopic (exact) mass is 618 g/mol. The van der Waals surface area contributed by atoms with E-state index in [0.29, 0.717) is 5.04 Å². The molecule has 0 spiro atoms. The van der Waals surface area contributed by atoms with E-state index in [0.717, 1.165) is 8.55 Å². The number of hydrogen-bond acceptors (Lipinski definition) is 1. The van der Waals surface area contributed by atoms with Crippen molar-refractivity contribution in [3.63, 3.8) is 0 Å². The number of unbranched alkanes of at least 4 members (excludes halogenated alkanes) is 4. The Morgan fingerprint density at radius 2 is 1.26 bits per heavy atom. The number of alkyl halides is 1. The standard InChI is InChI=1S/C11H24IOSi.3C4H9.Sn/c1-11(2,3)14(4,5)13-10-8-6-7-9-12;3*1-3-4-2;/h9H,6-8,10H2,1-5H3;3*1,3-4H2,2H3;. The van der Waals surface area contributed by atoms with Crippen molar-refractivity contribution in [2.75, 3.05) is 6.61 Å². The first-order valence-corrected chi connectivity index (χ1v) is 23.7. The second-order valence-electron chi connectivity index (χ2n) is 10.2. The van der Waals surface area contributed by atoms with Crippen LogP contribution < -0.4 is 0 Å². The van der Waals surface area contributed by atoms with E-state index in [-0.39, 0.29) is 0 Å². The fraction of sp³-hybridized carbons (Fsp3) is 1.00. The van der Waals surface area contributed by atoms with Gasteiger partial charge < -0.3 is 0 Å². The number of hydrogen-bond donors (Lipinski definition) is 0. The zero-order valence-electron chi connectivity index (χ0n) is 20.1. The van der Waals surface area contributed by atoms with Gasteiger partial charge in [0.15, 0.2) is 0 Å². The van der Waals surface area contributed by atoms with Gasteiger partial charge in [-0.15, -0.1) is 0 Å². The molecule has 0 N–H and O–H groups in total. The Hall–Kier alpha value is 1.71. The van der Waals surface area contributed by atoms with Crippen LogP contribution in [0, 0.1) is 0 Å². The van der Waals surface area contributed by atoms with Gasteiger partial charge >= 0.3 is 193 Å². The minimum absolute atomic E-state index is 0.338. The van der Waals surface area contributed by atoms with Gasteiger partial charge in [0, 0.05) is 0 Å². The summed E-state index contributed by atoms with van der Waals surface area (Å²) < 4.78 is 12.4. The second kappa shape index (κ2) is 14.7. The van der Waals surface area contributed by atoms with Gasteiger partial charge in [-0.3, -0.25) is 0 Å². The first-order chi connectivity index (χ1) is 12.6. The van der Waals surface area contributed by atoms with E-state index in [1.54, 1.807) is 13.3 Å². The summed E-state index contributed by atoms with van der Waals surface area (Å²) in [7, 11) is -1.56. The first kappa shape index (κ1) is 28.7. The van der Waals surface area contributed by atoms with Gasteiger partial charge in [-0.2, -0.15) is 0 Å². The zero-order chi connectivity index (χ0) is 21.0. The molecule has 1 nitrogen and oxygen atoms in total. The molecule has 0 amide bonds. The van der Waals surface area contributed by atoms with E-state index in [9.17, 15) is 0 Å². The number of halogens is 1. The van der Waals surface area contributed by atoms with Crippen LogP contribution in [0.4, 0.5) is 0 Å². The zero-order valence-corrected chi connectivity index (χ0v) is 26.1. The van der Waals surface area contributed by atoms with Crippen LogP contribution in [0.25, 0.3) is 0 Å². The molecule has 0 aliphatic rings. The van der Waals surface area contributed by atoms with Crippen LogP contribution in [0.1, 0.15) is 99.3 Å². The van der Waals surface area contributed by atoms with E-state index < -0.39 is 26.7 Å². The average molecular weight is 617 g/mol. The summed E-state index contributed by atoms with van der Waals surface area (Å²) in [6, 6.07) is 0. The van der Waals surface area contributed by atoms with Crippen molar-refractivity contribution in [1.82, 2.24) is 0 Å². The Morgan fingerprint density at radius 3 is 1.63 bits per heavy atom. The molecule has 1 atom stereocenters. The van der Waals surface area contributed by atoms with E-state index in [1.807, 2.05) is 0 Å². The minimum atomic E-state index is -2.01. The van der Waals surface area contributed by atoms with E-state index in [1.165, 1.54) is 57.8 Å². The quantitative estimate of drug-likeness (QED) is 0.0726. The summed E-state index contributed by atoms with van der Waals surface area (Å²) in [5.74, 6) is 0. The molecule has 0 bridgehead atoms. The SMILES string of the molecule is CCC[CH2][Sn]([CH2]CCC)([CH2]CCC)[CH](I)CCCCO[Si](C)(C)C(C)(C)C. The summed E-state index contributed by atoms with van der Waals surface area (Å²) in [4.78, 5) is 0. The molecule has 1 unspecified atom stereocenters. The maximum atomic E-state index is 6.41. The molecular weight excluding hydrogens is 566 g/mol. The first-order valence-electron chi connectivity index (χ1n) is 11.8. The van der Waals surface area contributed by atoms with Crippen molar-refractivity contribution in [3.8, 4) is 0 Å². The summed E-state index contributed by atoms with van der Waals surface area (Å²) in [5, 5.41) is 0.338. The Morgan fingerprint density at radius 1 is 0.815 bits per heavy atom. The van der Waals surface area contributed by atoms with Gasteiger partial charge in [0.25, 0.3) is 0 Å². The van der Waals surface area contributed by atoms with Crippen molar-refractivity contribution in [3.05, 3.63) is 0 Å². The molecule has 27 heavy (non-hydrogen) atoms. The van der Waals surface area contributed by atoms with Crippen LogP contribution in [0.15, 0.2) is 0 Å². The van der Waals surface area contributed by atoms with E-state index in [2.05, 4.69) is 77.2 Å². The molecule has 0 saturated heterocycles. The molecule has 0 heterocycles. The predicted molar refractivity (Wildman–Crippen MR) is 140 cm³/mol. The van der Waals surface area contributed by atoms with E-state index in [4.69, 9.17) is 4.43 Å². The molecule has 0 aromatic heterocycles. The molecule has 0 saturated carbocycles. The average Bonchev–Trinajstić information content (AvgIpc) is 2.60. The van der Waals surface area contributed by atoms with Crippen LogP contribution in [-0.2, 0) is 4.43 Å². The molecule has 164 valence electrons. The van der Waals surface area contributed by atoms with Crippen molar-refractivity contribution in [2.24, 2.45) is 0 Å². The molecule has 0 aliphatic carbocycles. The van der Waals surface area contributed by atoms with Gasteiger partial charge in [-0.05, 0) is 0 Å². The van der Waals surface area contributed by atoms with Crippen molar-refractivity contribution in [1.29, 1.82) is 0 Å². The molecule has 4 heteroatoms. The fourth-order valence-corrected chi connectivity index (χ4v) is 27.7. The Kier molecular flexibility index (Phi) is 15.6. The summed E-state index contributed by atoms with van der Waals surface area (Å²) >= 11 is 0.903. The summed E-state index contributed by atoms with van der Waals surface area (Å²) in [6.45, 7) is 19.9. The Labute approximate surface area is 191 Å². The molecule has 0 radical (unpaired) electrons. The molecule has 0 aromatic carbocycles. The van der Waals surface area contributed by atoms with Gasteiger partial charge in [0.05, 0.1) is 0 Å². The molecule has 0 aromatic rings. The predicted octanol–water partition coefficient (Wildman–Crippen LogP) is 9.37. The maximum absolute atomic E-state index is 6.41. The third-order valence-electron chi connectivity index (χ3n) is 6.87. The third-order valence-corrected chi connectivity index (χ3v) is 37.1. The summed E-state index contributed by atoms with van der Waals surface area (Å²) in [6.07, 6.45) is 12.8. The van der Waals surface area contributed by atoms with Crippen molar-refractivity contribution >= 4 is 49.3 Å². The van der Waals surface area contributed by atoms with Crippen LogP contribution in [0.2, 0.25) is 31.4 Å². The van der Waals surface area contributed by atoms with Gasteiger partial charge in [0.2, 0.25) is 0 Å². The topological polar surface area (TPSA) is 9.23 Å².